The van der Waals surface area contributed by atoms with Gasteiger partial charge < -0.3 is 14.2 Å². The molecule has 170 valence electrons. The number of carbonyl (C=O) groups excluding carboxylic acids is 1. The zero-order valence-electron chi connectivity index (χ0n) is 19.5. The number of ether oxygens (including phenoxy) is 3. The fourth-order valence-corrected chi connectivity index (χ4v) is 4.24. The predicted octanol–water partition coefficient (Wildman–Crippen LogP) is 6.00. The molecule has 4 nitrogen and oxygen atoms in total. The van der Waals surface area contributed by atoms with Gasteiger partial charge in [0.15, 0.2) is 6.10 Å². The van der Waals surface area contributed by atoms with E-state index in [9.17, 15) is 4.79 Å². The van der Waals surface area contributed by atoms with Gasteiger partial charge in [-0.3, -0.25) is 0 Å². The van der Waals surface area contributed by atoms with E-state index < -0.39 is 6.10 Å². The van der Waals surface area contributed by atoms with Crippen molar-refractivity contribution in [2.45, 2.75) is 33.3 Å². The van der Waals surface area contributed by atoms with Gasteiger partial charge in [0.1, 0.15) is 12.4 Å². The Labute approximate surface area is 195 Å². The summed E-state index contributed by atoms with van der Waals surface area (Å²) in [7, 11) is 0. The van der Waals surface area contributed by atoms with Crippen molar-refractivity contribution in [2.75, 3.05) is 19.8 Å². The maximum absolute atomic E-state index is 12.1. The maximum Gasteiger partial charge on any atom is 0.335 e. The van der Waals surface area contributed by atoms with Crippen molar-refractivity contribution in [2.24, 2.45) is 0 Å². The highest BCUT2D eigenvalue weighted by atomic mass is 16.6. The van der Waals surface area contributed by atoms with Crippen molar-refractivity contribution in [3.63, 3.8) is 0 Å². The Morgan fingerprint density at radius 2 is 1.61 bits per heavy atom. The molecule has 0 fully saturated rings. The highest BCUT2D eigenvalue weighted by molar-refractivity contribution is 6.01. The molecular formula is C29H30O4. The Morgan fingerprint density at radius 3 is 2.33 bits per heavy atom. The Kier molecular flexibility index (Phi) is 7.26. The van der Waals surface area contributed by atoms with Gasteiger partial charge >= 0.3 is 5.97 Å². The molecule has 0 saturated carbocycles. The molecule has 1 unspecified atom stereocenters. The first kappa shape index (κ1) is 22.8. The van der Waals surface area contributed by atoms with Crippen LogP contribution in [0.2, 0.25) is 0 Å². The van der Waals surface area contributed by atoms with Crippen LogP contribution in [0.3, 0.4) is 0 Å². The van der Waals surface area contributed by atoms with E-state index in [1.165, 1.54) is 33.4 Å². The number of aryl methyl sites for hydroxylation is 1. The molecule has 0 N–H and O–H groups in total. The van der Waals surface area contributed by atoms with E-state index in [4.69, 9.17) is 14.2 Å². The van der Waals surface area contributed by atoms with Crippen molar-refractivity contribution in [3.8, 4) is 16.9 Å². The third-order valence-electron chi connectivity index (χ3n) is 5.77. The van der Waals surface area contributed by atoms with Crippen LogP contribution in [-0.4, -0.2) is 31.9 Å². The SMILES string of the molecule is CCOC(=O)C(Cc1ccc(OC/C=C2/c3ccccc3-c3cc(C)ccc32)cc1)OCC. The molecule has 33 heavy (non-hydrogen) atoms. The second kappa shape index (κ2) is 10.5. The second-order valence-electron chi connectivity index (χ2n) is 8.07. The standard InChI is InChI=1S/C29H30O4/c1-4-31-28(29(30)32-5-2)19-21-11-13-22(14-12-21)33-17-16-26-23-8-6-7-9-24(23)27-18-20(3)10-15-25(26)27/h6-16,18,28H,4-5,17,19H2,1-3H3/b26-16-. The molecule has 1 aliphatic rings. The van der Waals surface area contributed by atoms with Crippen LogP contribution in [0.25, 0.3) is 16.7 Å². The molecule has 0 spiro atoms. The van der Waals surface area contributed by atoms with Crippen molar-refractivity contribution >= 4 is 11.5 Å². The molecule has 3 aromatic rings. The quantitative estimate of drug-likeness (QED) is 0.298. The number of esters is 1. The van der Waals surface area contributed by atoms with E-state index in [-0.39, 0.29) is 5.97 Å². The fraction of sp³-hybridized carbons (Fsp3) is 0.276. The number of carbonyl (C=O) groups is 1. The molecule has 0 aromatic heterocycles. The van der Waals surface area contributed by atoms with E-state index >= 15 is 0 Å². The summed E-state index contributed by atoms with van der Waals surface area (Å²) in [6.07, 6.45) is 2.04. The third kappa shape index (κ3) is 5.18. The van der Waals surface area contributed by atoms with Gasteiger partial charge in [-0.15, -0.1) is 0 Å². The molecule has 0 radical (unpaired) electrons. The van der Waals surface area contributed by atoms with Crippen LogP contribution >= 0.6 is 0 Å². The van der Waals surface area contributed by atoms with E-state index in [2.05, 4.69) is 55.5 Å². The van der Waals surface area contributed by atoms with Gasteiger partial charge in [-0.25, -0.2) is 4.79 Å². The molecule has 4 rings (SSSR count). The lowest BCUT2D eigenvalue weighted by Crippen LogP contribution is -2.28. The molecule has 0 saturated heterocycles. The molecule has 1 atom stereocenters. The summed E-state index contributed by atoms with van der Waals surface area (Å²) >= 11 is 0. The van der Waals surface area contributed by atoms with Gasteiger partial charge in [0.25, 0.3) is 0 Å². The summed E-state index contributed by atoms with van der Waals surface area (Å²) in [6, 6.07) is 22.9. The second-order valence-corrected chi connectivity index (χ2v) is 8.07. The van der Waals surface area contributed by atoms with Crippen LogP contribution in [0.15, 0.2) is 72.8 Å². The lowest BCUT2D eigenvalue weighted by Gasteiger charge is -2.15. The molecule has 1 aliphatic carbocycles. The van der Waals surface area contributed by atoms with Crippen molar-refractivity contribution in [1.29, 1.82) is 0 Å². The third-order valence-corrected chi connectivity index (χ3v) is 5.77. The topological polar surface area (TPSA) is 44.8 Å². The maximum atomic E-state index is 12.1. The molecule has 0 bridgehead atoms. The molecule has 3 aromatic carbocycles. The predicted molar refractivity (Wildman–Crippen MR) is 131 cm³/mol. The minimum Gasteiger partial charge on any atom is -0.490 e. The van der Waals surface area contributed by atoms with Gasteiger partial charge in [0.2, 0.25) is 0 Å². The lowest BCUT2D eigenvalue weighted by molar-refractivity contribution is -0.156. The Bertz CT molecular complexity index is 1140. The fourth-order valence-electron chi connectivity index (χ4n) is 4.24. The Morgan fingerprint density at radius 1 is 0.879 bits per heavy atom. The summed E-state index contributed by atoms with van der Waals surface area (Å²) in [6.45, 7) is 7.08. The summed E-state index contributed by atoms with van der Waals surface area (Å²) < 4.78 is 16.7. The first-order chi connectivity index (χ1) is 16.1. The zero-order valence-corrected chi connectivity index (χ0v) is 19.5. The van der Waals surface area contributed by atoms with E-state index in [0.717, 1.165) is 11.3 Å². The van der Waals surface area contributed by atoms with Crippen LogP contribution in [-0.2, 0) is 20.7 Å². The summed E-state index contributed by atoms with van der Waals surface area (Å²) in [4.78, 5) is 12.1. The number of hydrogen-bond acceptors (Lipinski definition) is 4. The average molecular weight is 443 g/mol. The lowest BCUT2D eigenvalue weighted by atomic mass is 10.0. The van der Waals surface area contributed by atoms with Crippen molar-refractivity contribution in [3.05, 3.63) is 95.1 Å². The Balaban J connectivity index is 1.44. The first-order valence-electron chi connectivity index (χ1n) is 11.5. The molecule has 0 amide bonds. The largest absolute Gasteiger partial charge is 0.490 e. The first-order valence-corrected chi connectivity index (χ1v) is 11.5. The summed E-state index contributed by atoms with van der Waals surface area (Å²) in [5, 5.41) is 0. The summed E-state index contributed by atoms with van der Waals surface area (Å²) in [5.74, 6) is 0.466. The number of fused-ring (bicyclic) bond motifs is 3. The Hall–Kier alpha value is -3.37. The number of hydrogen-bond donors (Lipinski definition) is 0. The normalized spacial score (nSPS) is 14.0. The highest BCUT2D eigenvalue weighted by Crippen LogP contribution is 2.44. The molecule has 0 aliphatic heterocycles. The number of benzene rings is 3. The van der Waals surface area contributed by atoms with Gasteiger partial charge in [0, 0.05) is 13.0 Å². The average Bonchev–Trinajstić information content (AvgIpc) is 3.13. The summed E-state index contributed by atoms with van der Waals surface area (Å²) in [5.41, 5.74) is 8.53. The van der Waals surface area contributed by atoms with E-state index in [1.54, 1.807) is 6.92 Å². The van der Waals surface area contributed by atoms with Crippen LogP contribution in [0.5, 0.6) is 5.75 Å². The monoisotopic (exact) mass is 442 g/mol. The van der Waals surface area contributed by atoms with Gasteiger partial charge in [-0.1, -0.05) is 60.2 Å². The zero-order chi connectivity index (χ0) is 23.2. The van der Waals surface area contributed by atoms with Crippen LogP contribution < -0.4 is 4.74 Å². The van der Waals surface area contributed by atoms with Crippen molar-refractivity contribution < 1.29 is 19.0 Å². The molecule has 4 heteroatoms. The van der Waals surface area contributed by atoms with Crippen LogP contribution in [0, 0.1) is 6.92 Å². The minimum absolute atomic E-state index is 0.321. The van der Waals surface area contributed by atoms with E-state index in [0.29, 0.717) is 26.2 Å². The van der Waals surface area contributed by atoms with Gasteiger partial charge in [-0.2, -0.15) is 0 Å². The minimum atomic E-state index is -0.586. The van der Waals surface area contributed by atoms with Gasteiger partial charge in [0.05, 0.1) is 6.61 Å². The molecular weight excluding hydrogens is 412 g/mol. The highest BCUT2D eigenvalue weighted by Gasteiger charge is 2.23. The van der Waals surface area contributed by atoms with Crippen LogP contribution in [0.1, 0.15) is 36.1 Å². The smallest absolute Gasteiger partial charge is 0.335 e. The van der Waals surface area contributed by atoms with Gasteiger partial charge in [-0.05, 0) is 72.4 Å². The molecule has 0 heterocycles. The number of rotatable bonds is 9. The van der Waals surface area contributed by atoms with E-state index in [1.807, 2.05) is 31.2 Å². The van der Waals surface area contributed by atoms with Crippen molar-refractivity contribution in [1.82, 2.24) is 0 Å². The van der Waals surface area contributed by atoms with Crippen LogP contribution in [0.4, 0.5) is 0 Å².